The highest BCUT2D eigenvalue weighted by molar-refractivity contribution is 5.25. The van der Waals surface area contributed by atoms with Crippen molar-refractivity contribution in [3.8, 4) is 0 Å². The van der Waals surface area contributed by atoms with Crippen molar-refractivity contribution in [3.05, 3.63) is 11.6 Å². The van der Waals surface area contributed by atoms with Crippen LogP contribution in [0.2, 0.25) is 0 Å². The van der Waals surface area contributed by atoms with Gasteiger partial charge in [-0.1, -0.05) is 25.5 Å². The van der Waals surface area contributed by atoms with Crippen LogP contribution in [0.15, 0.2) is 11.6 Å². The van der Waals surface area contributed by atoms with Crippen molar-refractivity contribution in [2.45, 2.75) is 77.4 Å². The Bertz CT molecular complexity index is 470. The van der Waals surface area contributed by atoms with E-state index in [1.54, 1.807) is 5.57 Å². The molecule has 7 atom stereocenters. The van der Waals surface area contributed by atoms with Gasteiger partial charge in [-0.25, -0.2) is 0 Å². The smallest absolute Gasteiger partial charge is 0.0596 e. The Morgan fingerprint density at radius 2 is 1.86 bits per heavy atom. The zero-order chi connectivity index (χ0) is 14.8. The van der Waals surface area contributed by atoms with Gasteiger partial charge in [0.15, 0.2) is 0 Å². The molecule has 2 N–H and O–H groups in total. The van der Waals surface area contributed by atoms with E-state index in [2.05, 4.69) is 19.9 Å². The fraction of sp³-hybridized carbons (Fsp3) is 0.895. The van der Waals surface area contributed by atoms with E-state index in [9.17, 15) is 10.2 Å². The summed E-state index contributed by atoms with van der Waals surface area (Å²) in [5.74, 6) is 2.16. The molecule has 2 unspecified atom stereocenters. The minimum atomic E-state index is -0.103. The summed E-state index contributed by atoms with van der Waals surface area (Å²) in [6, 6.07) is 0. The summed E-state index contributed by atoms with van der Waals surface area (Å²) in [6.45, 7) is 4.76. The van der Waals surface area contributed by atoms with Crippen LogP contribution in [0.3, 0.4) is 0 Å². The lowest BCUT2D eigenvalue weighted by atomic mass is 9.48. The van der Waals surface area contributed by atoms with Crippen LogP contribution in [0.25, 0.3) is 0 Å². The number of aliphatic hydroxyl groups excluding tert-OH is 2. The Kier molecular flexibility index (Phi) is 3.11. The van der Waals surface area contributed by atoms with Gasteiger partial charge in [0.25, 0.3) is 0 Å². The van der Waals surface area contributed by atoms with E-state index in [1.807, 2.05) is 0 Å². The molecule has 21 heavy (non-hydrogen) atoms. The third kappa shape index (κ3) is 1.84. The molecule has 3 saturated carbocycles. The molecule has 4 aliphatic rings. The van der Waals surface area contributed by atoms with E-state index in [0.29, 0.717) is 5.92 Å². The molecule has 0 saturated heterocycles. The molecule has 0 aliphatic heterocycles. The van der Waals surface area contributed by atoms with E-state index >= 15 is 0 Å². The first kappa shape index (κ1) is 14.3. The lowest BCUT2D eigenvalue weighted by Gasteiger charge is -2.57. The molecule has 0 radical (unpaired) electrons. The first-order chi connectivity index (χ1) is 9.95. The molecule has 118 valence electrons. The number of fused-ring (bicyclic) bond motifs is 5. The summed E-state index contributed by atoms with van der Waals surface area (Å²) >= 11 is 0. The second-order valence-electron chi connectivity index (χ2n) is 8.79. The molecule has 0 spiro atoms. The van der Waals surface area contributed by atoms with Gasteiger partial charge in [-0.05, 0) is 80.0 Å². The van der Waals surface area contributed by atoms with E-state index in [-0.39, 0.29) is 23.0 Å². The van der Waals surface area contributed by atoms with Gasteiger partial charge in [-0.3, -0.25) is 0 Å². The van der Waals surface area contributed by atoms with Crippen LogP contribution in [0.4, 0.5) is 0 Å². The predicted octanol–water partition coefficient (Wildman–Crippen LogP) is 3.67. The first-order valence-electron chi connectivity index (χ1n) is 9.01. The SMILES string of the molecule is C[C@]12CC(O)CCC1=CC[C@@H]1[C@H]2CC[C@]2(C)C(O)CC[C@@H]12. The molecule has 2 nitrogen and oxygen atoms in total. The lowest BCUT2D eigenvalue weighted by Crippen LogP contribution is -2.51. The summed E-state index contributed by atoms with van der Waals surface area (Å²) in [4.78, 5) is 0. The summed E-state index contributed by atoms with van der Waals surface area (Å²) in [6.07, 6.45) is 11.2. The Morgan fingerprint density at radius 1 is 1.05 bits per heavy atom. The van der Waals surface area contributed by atoms with Crippen LogP contribution in [-0.2, 0) is 0 Å². The average Bonchev–Trinajstić information content (AvgIpc) is 2.74. The summed E-state index contributed by atoms with van der Waals surface area (Å²) in [5.41, 5.74) is 2.03. The van der Waals surface area contributed by atoms with Crippen LogP contribution in [0.5, 0.6) is 0 Å². The Labute approximate surface area is 128 Å². The lowest BCUT2D eigenvalue weighted by molar-refractivity contribution is -0.0760. The van der Waals surface area contributed by atoms with E-state index in [4.69, 9.17) is 0 Å². The van der Waals surface area contributed by atoms with Crippen molar-refractivity contribution in [2.24, 2.45) is 28.6 Å². The van der Waals surface area contributed by atoms with E-state index in [0.717, 1.165) is 37.5 Å². The van der Waals surface area contributed by atoms with E-state index < -0.39 is 0 Å². The molecule has 0 bridgehead atoms. The van der Waals surface area contributed by atoms with E-state index in [1.165, 1.54) is 25.7 Å². The summed E-state index contributed by atoms with van der Waals surface area (Å²) in [5, 5.41) is 20.7. The van der Waals surface area contributed by atoms with Crippen LogP contribution in [-0.4, -0.2) is 22.4 Å². The van der Waals surface area contributed by atoms with Crippen LogP contribution >= 0.6 is 0 Å². The molecule has 2 heteroatoms. The largest absolute Gasteiger partial charge is 0.393 e. The molecule has 0 aromatic rings. The maximum Gasteiger partial charge on any atom is 0.0596 e. The fourth-order valence-electron chi connectivity index (χ4n) is 6.71. The van der Waals surface area contributed by atoms with Crippen LogP contribution in [0, 0.1) is 28.6 Å². The molecular formula is C19H30O2. The minimum Gasteiger partial charge on any atom is -0.393 e. The third-order valence-corrected chi connectivity index (χ3v) is 7.98. The van der Waals surface area contributed by atoms with Gasteiger partial charge >= 0.3 is 0 Å². The fourth-order valence-corrected chi connectivity index (χ4v) is 6.71. The third-order valence-electron chi connectivity index (χ3n) is 7.98. The van der Waals surface area contributed by atoms with Gasteiger partial charge in [0.1, 0.15) is 0 Å². The Hall–Kier alpha value is -0.340. The number of aliphatic hydroxyl groups is 2. The van der Waals surface area contributed by atoms with Crippen LogP contribution < -0.4 is 0 Å². The minimum absolute atomic E-state index is 0.0846. The molecule has 0 heterocycles. The van der Waals surface area contributed by atoms with Crippen LogP contribution in [0.1, 0.15) is 65.2 Å². The molecule has 0 amide bonds. The van der Waals surface area contributed by atoms with Crippen molar-refractivity contribution >= 4 is 0 Å². The first-order valence-corrected chi connectivity index (χ1v) is 9.01. The second kappa shape index (κ2) is 4.58. The molecular weight excluding hydrogens is 260 g/mol. The van der Waals surface area contributed by atoms with Crippen molar-refractivity contribution in [1.29, 1.82) is 0 Å². The van der Waals surface area contributed by atoms with Gasteiger partial charge in [0.2, 0.25) is 0 Å². The topological polar surface area (TPSA) is 40.5 Å². The van der Waals surface area contributed by atoms with Crippen molar-refractivity contribution < 1.29 is 10.2 Å². The number of rotatable bonds is 0. The summed E-state index contributed by atoms with van der Waals surface area (Å²) in [7, 11) is 0. The Morgan fingerprint density at radius 3 is 2.67 bits per heavy atom. The predicted molar refractivity (Wildman–Crippen MR) is 83.7 cm³/mol. The second-order valence-corrected chi connectivity index (χ2v) is 8.79. The normalized spacial score (nSPS) is 56.2. The number of hydrogen-bond donors (Lipinski definition) is 2. The zero-order valence-electron chi connectivity index (χ0n) is 13.5. The number of allylic oxidation sites excluding steroid dienone is 2. The Balaban J connectivity index is 1.69. The van der Waals surface area contributed by atoms with Gasteiger partial charge in [0.05, 0.1) is 12.2 Å². The van der Waals surface area contributed by atoms with Gasteiger partial charge in [-0.2, -0.15) is 0 Å². The monoisotopic (exact) mass is 290 g/mol. The quantitative estimate of drug-likeness (QED) is 0.668. The molecule has 0 aromatic carbocycles. The molecule has 4 rings (SSSR count). The average molecular weight is 290 g/mol. The van der Waals surface area contributed by atoms with Crippen molar-refractivity contribution in [3.63, 3.8) is 0 Å². The van der Waals surface area contributed by atoms with Gasteiger partial charge in [0, 0.05) is 0 Å². The van der Waals surface area contributed by atoms with Gasteiger partial charge in [-0.15, -0.1) is 0 Å². The highest BCUT2D eigenvalue weighted by Gasteiger charge is 2.58. The van der Waals surface area contributed by atoms with Gasteiger partial charge < -0.3 is 10.2 Å². The standard InChI is InChI=1S/C19H30O2/c1-18-10-9-16-14(15(18)7-8-17(18)21)6-4-12-3-5-13(20)11-19(12,16)2/h4,13-17,20-21H,3,5-11H2,1-2H3/t13?,14-,15-,16+,17?,18-,19-/m0/s1. The number of hydrogen-bond acceptors (Lipinski definition) is 2. The molecule has 0 aromatic heterocycles. The van der Waals surface area contributed by atoms with Crippen molar-refractivity contribution in [2.75, 3.05) is 0 Å². The molecule has 4 aliphatic carbocycles. The maximum absolute atomic E-state index is 10.5. The zero-order valence-corrected chi connectivity index (χ0v) is 13.5. The van der Waals surface area contributed by atoms with Crippen molar-refractivity contribution in [1.82, 2.24) is 0 Å². The highest BCUT2D eigenvalue weighted by atomic mass is 16.3. The molecule has 3 fully saturated rings. The summed E-state index contributed by atoms with van der Waals surface area (Å²) < 4.78 is 0. The highest BCUT2D eigenvalue weighted by Crippen LogP contribution is 2.64. The maximum atomic E-state index is 10.5.